The molecule has 1 rings (SSSR count). The number of aliphatic carboxylic acids is 1. The van der Waals surface area contributed by atoms with Gasteiger partial charge in [0.25, 0.3) is 5.91 Å². The lowest BCUT2D eigenvalue weighted by molar-refractivity contribution is -0.137. The molecule has 0 radical (unpaired) electrons. The van der Waals surface area contributed by atoms with Gasteiger partial charge in [0.2, 0.25) is 0 Å². The topological polar surface area (TPSA) is 75.6 Å². The Hall–Kier alpha value is -1.75. The molecule has 6 heteroatoms. The van der Waals surface area contributed by atoms with Gasteiger partial charge < -0.3 is 15.2 Å². The smallest absolute Gasteiger partial charge is 0.303 e. The lowest BCUT2D eigenvalue weighted by Crippen LogP contribution is -2.29. The Bertz CT molecular complexity index is 436. The number of hydrogen-bond acceptors (Lipinski definition) is 3. The molecule has 0 spiro atoms. The maximum absolute atomic E-state index is 11.4. The number of ether oxygens (including phenoxy) is 1. The Morgan fingerprint density at radius 1 is 1.26 bits per heavy atom. The number of carboxylic acids is 1. The first kappa shape index (κ1) is 15.3. The Kier molecular flexibility index (Phi) is 6.74. The summed E-state index contributed by atoms with van der Waals surface area (Å²) in [7, 11) is 0. The number of nitrogens with one attached hydrogen (secondary N) is 1. The molecule has 0 heterocycles. The summed E-state index contributed by atoms with van der Waals surface area (Å²) in [6, 6.07) is 6.91. The summed E-state index contributed by atoms with van der Waals surface area (Å²) in [5, 5.41) is 11.5. The number of para-hydroxylation sites is 1. The van der Waals surface area contributed by atoms with Crippen LogP contribution in [-0.2, 0) is 9.59 Å². The number of unbranched alkanes of at least 4 members (excludes halogenated alkanes) is 1. The zero-order valence-electron chi connectivity index (χ0n) is 10.4. The van der Waals surface area contributed by atoms with Crippen LogP contribution >= 0.6 is 11.6 Å². The summed E-state index contributed by atoms with van der Waals surface area (Å²) in [5.74, 6) is -0.617. The van der Waals surface area contributed by atoms with Crippen LogP contribution in [0.4, 0.5) is 0 Å². The molecule has 5 nitrogen and oxygen atoms in total. The number of carbonyl (C=O) groups is 2. The molecule has 0 unspecified atom stereocenters. The van der Waals surface area contributed by atoms with E-state index in [0.29, 0.717) is 30.2 Å². The molecule has 0 aliphatic rings. The summed E-state index contributed by atoms with van der Waals surface area (Å²) in [5.41, 5.74) is 0. The van der Waals surface area contributed by atoms with E-state index in [2.05, 4.69) is 5.32 Å². The first-order valence-electron chi connectivity index (χ1n) is 5.95. The summed E-state index contributed by atoms with van der Waals surface area (Å²) >= 11 is 5.87. The van der Waals surface area contributed by atoms with E-state index in [9.17, 15) is 9.59 Å². The molecule has 0 atom stereocenters. The van der Waals surface area contributed by atoms with Crippen LogP contribution < -0.4 is 10.1 Å². The van der Waals surface area contributed by atoms with E-state index >= 15 is 0 Å². The number of benzene rings is 1. The number of rotatable bonds is 8. The zero-order valence-corrected chi connectivity index (χ0v) is 11.2. The summed E-state index contributed by atoms with van der Waals surface area (Å²) in [6.07, 6.45) is 1.29. The van der Waals surface area contributed by atoms with Gasteiger partial charge in [-0.2, -0.15) is 0 Å². The van der Waals surface area contributed by atoms with Crippen LogP contribution in [0.5, 0.6) is 5.75 Å². The second kappa shape index (κ2) is 8.37. The minimum absolute atomic E-state index is 0.108. The van der Waals surface area contributed by atoms with E-state index in [1.165, 1.54) is 0 Å². The standard InChI is InChI=1S/C13H16ClNO4/c14-10-5-1-2-6-11(10)19-9-12(16)15-8-4-3-7-13(17)18/h1-2,5-6H,3-4,7-9H2,(H,15,16)(H,17,18). The van der Waals surface area contributed by atoms with Gasteiger partial charge in [-0.1, -0.05) is 23.7 Å². The van der Waals surface area contributed by atoms with Crippen LogP contribution in [0.25, 0.3) is 0 Å². The Morgan fingerprint density at radius 3 is 2.68 bits per heavy atom. The van der Waals surface area contributed by atoms with Crippen LogP contribution in [0.3, 0.4) is 0 Å². The molecular formula is C13H16ClNO4. The van der Waals surface area contributed by atoms with Crippen molar-refractivity contribution in [2.24, 2.45) is 0 Å². The first-order chi connectivity index (χ1) is 9.09. The van der Waals surface area contributed by atoms with Crippen LogP contribution in [0.2, 0.25) is 5.02 Å². The Labute approximate surface area is 116 Å². The van der Waals surface area contributed by atoms with Crippen LogP contribution in [0.1, 0.15) is 19.3 Å². The average Bonchev–Trinajstić information content (AvgIpc) is 2.37. The maximum Gasteiger partial charge on any atom is 0.303 e. The zero-order chi connectivity index (χ0) is 14.1. The highest BCUT2D eigenvalue weighted by Gasteiger charge is 2.04. The molecule has 19 heavy (non-hydrogen) atoms. The Morgan fingerprint density at radius 2 is 2.00 bits per heavy atom. The third kappa shape index (κ3) is 6.67. The highest BCUT2D eigenvalue weighted by molar-refractivity contribution is 6.32. The van der Waals surface area contributed by atoms with Crippen molar-refractivity contribution < 1.29 is 19.4 Å². The van der Waals surface area contributed by atoms with Gasteiger partial charge in [-0.3, -0.25) is 9.59 Å². The third-order valence-electron chi connectivity index (χ3n) is 2.34. The van der Waals surface area contributed by atoms with Crippen LogP contribution in [-0.4, -0.2) is 30.1 Å². The van der Waals surface area contributed by atoms with Gasteiger partial charge >= 0.3 is 5.97 Å². The van der Waals surface area contributed by atoms with E-state index in [4.69, 9.17) is 21.4 Å². The van der Waals surface area contributed by atoms with Crippen molar-refractivity contribution in [1.82, 2.24) is 5.32 Å². The molecule has 104 valence electrons. The second-order valence-electron chi connectivity index (χ2n) is 3.92. The highest BCUT2D eigenvalue weighted by Crippen LogP contribution is 2.22. The molecule has 1 aromatic carbocycles. The van der Waals surface area contributed by atoms with Crippen molar-refractivity contribution in [3.05, 3.63) is 29.3 Å². The van der Waals surface area contributed by atoms with E-state index < -0.39 is 5.97 Å². The highest BCUT2D eigenvalue weighted by atomic mass is 35.5. The predicted octanol–water partition coefficient (Wildman–Crippen LogP) is 2.09. The molecule has 1 aromatic rings. The number of carboxylic acid groups (broad SMARTS) is 1. The fraction of sp³-hybridized carbons (Fsp3) is 0.385. The fourth-order valence-corrected chi connectivity index (χ4v) is 1.58. The van der Waals surface area contributed by atoms with Crippen LogP contribution in [0, 0.1) is 0 Å². The largest absolute Gasteiger partial charge is 0.482 e. The van der Waals surface area contributed by atoms with Gasteiger partial charge in [0, 0.05) is 13.0 Å². The number of halogens is 1. The van der Waals surface area contributed by atoms with Crippen molar-refractivity contribution >= 4 is 23.5 Å². The average molecular weight is 286 g/mol. The van der Waals surface area contributed by atoms with Gasteiger partial charge in [0.05, 0.1) is 5.02 Å². The van der Waals surface area contributed by atoms with Crippen molar-refractivity contribution in [2.75, 3.05) is 13.2 Å². The molecule has 0 saturated heterocycles. The number of hydrogen-bond donors (Lipinski definition) is 2. The minimum atomic E-state index is -0.826. The van der Waals surface area contributed by atoms with Crippen molar-refractivity contribution in [1.29, 1.82) is 0 Å². The van der Waals surface area contributed by atoms with Gasteiger partial charge in [-0.25, -0.2) is 0 Å². The lowest BCUT2D eigenvalue weighted by Gasteiger charge is -2.08. The molecule has 0 saturated carbocycles. The monoisotopic (exact) mass is 285 g/mol. The quantitative estimate of drug-likeness (QED) is 0.717. The SMILES string of the molecule is O=C(O)CCCCNC(=O)COc1ccccc1Cl. The fourth-order valence-electron chi connectivity index (χ4n) is 1.39. The number of carbonyl (C=O) groups excluding carboxylic acids is 1. The molecule has 0 aliphatic heterocycles. The second-order valence-corrected chi connectivity index (χ2v) is 4.33. The molecule has 1 amide bonds. The summed E-state index contributed by atoms with van der Waals surface area (Å²) in [6.45, 7) is 0.334. The Balaban J connectivity index is 2.15. The van der Waals surface area contributed by atoms with Gasteiger partial charge in [-0.05, 0) is 25.0 Å². The maximum atomic E-state index is 11.4. The molecule has 0 aromatic heterocycles. The predicted molar refractivity (Wildman–Crippen MR) is 71.4 cm³/mol. The molecule has 2 N–H and O–H groups in total. The van der Waals surface area contributed by atoms with E-state index in [1.807, 2.05) is 0 Å². The summed E-state index contributed by atoms with van der Waals surface area (Å²) < 4.78 is 5.26. The molecular weight excluding hydrogens is 270 g/mol. The number of amides is 1. The summed E-state index contributed by atoms with van der Waals surface area (Å²) in [4.78, 5) is 21.7. The first-order valence-corrected chi connectivity index (χ1v) is 6.33. The van der Waals surface area contributed by atoms with E-state index in [0.717, 1.165) is 0 Å². The van der Waals surface area contributed by atoms with Crippen molar-refractivity contribution in [2.45, 2.75) is 19.3 Å². The lowest BCUT2D eigenvalue weighted by atomic mass is 10.2. The minimum Gasteiger partial charge on any atom is -0.482 e. The van der Waals surface area contributed by atoms with Crippen molar-refractivity contribution in [3.63, 3.8) is 0 Å². The molecule has 0 aliphatic carbocycles. The van der Waals surface area contributed by atoms with Crippen molar-refractivity contribution in [3.8, 4) is 5.75 Å². The van der Waals surface area contributed by atoms with E-state index in [1.54, 1.807) is 24.3 Å². The van der Waals surface area contributed by atoms with E-state index in [-0.39, 0.29) is 18.9 Å². The molecule has 0 bridgehead atoms. The normalized spacial score (nSPS) is 9.95. The molecule has 0 fully saturated rings. The third-order valence-corrected chi connectivity index (χ3v) is 2.65. The van der Waals surface area contributed by atoms with Gasteiger partial charge in [-0.15, -0.1) is 0 Å². The van der Waals surface area contributed by atoms with Gasteiger partial charge in [0.15, 0.2) is 6.61 Å². The van der Waals surface area contributed by atoms with Crippen LogP contribution in [0.15, 0.2) is 24.3 Å². The van der Waals surface area contributed by atoms with Gasteiger partial charge in [0.1, 0.15) is 5.75 Å².